The molecule has 276 valence electrons. The molecule has 1 aliphatic rings. The number of aryl methyl sites for hydroxylation is 2. The summed E-state index contributed by atoms with van der Waals surface area (Å²) in [6, 6.07) is 44.2. The summed E-state index contributed by atoms with van der Waals surface area (Å²) in [7, 11) is 0. The van der Waals surface area contributed by atoms with E-state index in [1.807, 2.05) is 147 Å². The highest BCUT2D eigenvalue weighted by Crippen LogP contribution is 2.40. The highest BCUT2D eigenvalue weighted by Gasteiger charge is 2.52. The van der Waals surface area contributed by atoms with E-state index in [1.54, 1.807) is 0 Å². The van der Waals surface area contributed by atoms with Gasteiger partial charge in [-0.3, -0.25) is 4.79 Å². The first-order valence-electron chi connectivity index (χ1n) is 18.0. The molecule has 1 saturated heterocycles. The van der Waals surface area contributed by atoms with Crippen molar-refractivity contribution in [2.45, 2.75) is 83.8 Å². The van der Waals surface area contributed by atoms with E-state index in [2.05, 4.69) is 15.9 Å². The largest absolute Gasteiger partial charge is 0.455 e. The Kier molecular flexibility index (Phi) is 14.0. The van der Waals surface area contributed by atoms with Crippen LogP contribution in [0.15, 0.2) is 138 Å². The van der Waals surface area contributed by atoms with Gasteiger partial charge in [0, 0.05) is 17.0 Å². The Morgan fingerprint density at radius 2 is 1.04 bits per heavy atom. The molecule has 0 bridgehead atoms. The minimum absolute atomic E-state index is 0.201. The van der Waals surface area contributed by atoms with Crippen molar-refractivity contribution in [3.8, 4) is 0 Å². The van der Waals surface area contributed by atoms with Gasteiger partial charge in [0.2, 0.25) is 0 Å². The lowest BCUT2D eigenvalue weighted by atomic mass is 9.86. The van der Waals surface area contributed by atoms with Gasteiger partial charge in [0.25, 0.3) is 0 Å². The third kappa shape index (κ3) is 10.7. The maximum atomic E-state index is 13.0. The van der Waals surface area contributed by atoms with Crippen molar-refractivity contribution in [1.29, 1.82) is 0 Å². The second-order valence-electron chi connectivity index (χ2n) is 13.4. The van der Waals surface area contributed by atoms with Gasteiger partial charge < -0.3 is 28.4 Å². The fourth-order valence-electron chi connectivity index (χ4n) is 6.91. The lowest BCUT2D eigenvalue weighted by Crippen LogP contribution is -2.62. The maximum Gasteiger partial charge on any atom is 0.303 e. The zero-order valence-corrected chi connectivity index (χ0v) is 32.0. The molecule has 6 atom stereocenters. The van der Waals surface area contributed by atoms with Gasteiger partial charge in [-0.15, -0.1) is 0 Å². The molecule has 0 spiro atoms. The molecule has 5 aromatic rings. The summed E-state index contributed by atoms with van der Waals surface area (Å²) in [6.07, 6.45) is -4.21. The van der Waals surface area contributed by atoms with E-state index in [4.69, 9.17) is 28.4 Å². The summed E-state index contributed by atoms with van der Waals surface area (Å²) < 4.78 is 41.4. The highest BCUT2D eigenvalue weighted by atomic mass is 79.9. The van der Waals surface area contributed by atoms with E-state index in [9.17, 15) is 4.79 Å². The normalized spacial score (nSPS) is 20.5. The minimum atomic E-state index is -0.823. The zero-order valence-electron chi connectivity index (χ0n) is 30.4. The molecule has 1 aliphatic heterocycles. The fourth-order valence-corrected chi connectivity index (χ4v) is 7.60. The standard InChI is InChI=1S/C45H47BrO7/c1-31-24-38(46)25-32(2)40(31)42(52-33(3)47)45-44(51-29-37-22-14-7-15-23-37)43(50-28-36-20-12-6-13-21-36)41(49-27-35-18-10-5-11-19-35)39(53-45)30-48-26-34-16-8-4-9-17-34/h4-25,39,41-45H,26-30H2,1-3H3/t39-,41-,42?,43+,44+,45-/m1/s1. The summed E-state index contributed by atoms with van der Waals surface area (Å²) in [5.74, 6) is -0.428. The molecule has 1 unspecified atom stereocenters. The van der Waals surface area contributed by atoms with Crippen molar-refractivity contribution in [3.63, 3.8) is 0 Å². The predicted molar refractivity (Wildman–Crippen MR) is 208 cm³/mol. The van der Waals surface area contributed by atoms with Crippen LogP contribution in [0.4, 0.5) is 0 Å². The summed E-state index contributed by atoms with van der Waals surface area (Å²) in [5.41, 5.74) is 6.82. The average molecular weight is 780 g/mol. The van der Waals surface area contributed by atoms with Crippen LogP contribution in [0.1, 0.15) is 52.0 Å². The van der Waals surface area contributed by atoms with Crippen LogP contribution in [0.2, 0.25) is 0 Å². The van der Waals surface area contributed by atoms with E-state index in [1.165, 1.54) is 6.92 Å². The Morgan fingerprint density at radius 1 is 0.623 bits per heavy atom. The average Bonchev–Trinajstić information content (AvgIpc) is 3.16. The summed E-state index contributed by atoms with van der Waals surface area (Å²) >= 11 is 3.64. The van der Waals surface area contributed by atoms with Gasteiger partial charge in [-0.1, -0.05) is 137 Å². The monoisotopic (exact) mass is 778 g/mol. The Hall–Kier alpha value is -4.15. The molecule has 8 heteroatoms. The SMILES string of the molecule is CC(=O)OC(c1c(C)cc(Br)cc1C)[C@H]1O[C@H](COCc2ccccc2)[C@@H](OCc2ccccc2)[C@H](OCc2ccccc2)[C@@H]1OCc1ccccc1. The molecule has 6 rings (SSSR count). The Balaban J connectivity index is 1.43. The maximum absolute atomic E-state index is 13.0. The number of hydrogen-bond donors (Lipinski definition) is 0. The van der Waals surface area contributed by atoms with Crippen molar-refractivity contribution in [3.05, 3.63) is 177 Å². The van der Waals surface area contributed by atoms with Crippen LogP contribution < -0.4 is 0 Å². The molecule has 0 amide bonds. The third-order valence-electron chi connectivity index (χ3n) is 9.35. The van der Waals surface area contributed by atoms with Crippen LogP contribution in [0, 0.1) is 13.8 Å². The molecular formula is C45H47BrO7. The van der Waals surface area contributed by atoms with Crippen LogP contribution in [0.5, 0.6) is 0 Å². The van der Waals surface area contributed by atoms with Crippen LogP contribution in [0.3, 0.4) is 0 Å². The molecule has 5 aromatic carbocycles. The molecule has 7 nitrogen and oxygen atoms in total. The van der Waals surface area contributed by atoms with Crippen molar-refractivity contribution in [2.24, 2.45) is 0 Å². The highest BCUT2D eigenvalue weighted by molar-refractivity contribution is 9.10. The van der Waals surface area contributed by atoms with Crippen molar-refractivity contribution in [2.75, 3.05) is 6.61 Å². The first-order chi connectivity index (χ1) is 25.9. The molecule has 0 aliphatic carbocycles. The first-order valence-corrected chi connectivity index (χ1v) is 18.8. The number of esters is 1. The van der Waals surface area contributed by atoms with E-state index in [0.29, 0.717) is 19.8 Å². The molecule has 0 aromatic heterocycles. The van der Waals surface area contributed by atoms with Gasteiger partial charge in [0.15, 0.2) is 6.10 Å². The lowest BCUT2D eigenvalue weighted by molar-refractivity contribution is -0.289. The number of ether oxygens (including phenoxy) is 6. The smallest absolute Gasteiger partial charge is 0.303 e. The predicted octanol–water partition coefficient (Wildman–Crippen LogP) is 9.41. The van der Waals surface area contributed by atoms with Crippen molar-refractivity contribution in [1.82, 2.24) is 0 Å². The molecule has 1 fully saturated rings. The van der Waals surface area contributed by atoms with Gasteiger partial charge in [0.05, 0.1) is 33.0 Å². The van der Waals surface area contributed by atoms with Gasteiger partial charge >= 0.3 is 5.97 Å². The van der Waals surface area contributed by atoms with Crippen molar-refractivity contribution >= 4 is 21.9 Å². The summed E-state index contributed by atoms with van der Waals surface area (Å²) in [4.78, 5) is 13.0. The Morgan fingerprint density at radius 3 is 1.49 bits per heavy atom. The Bertz CT molecular complexity index is 1830. The van der Waals surface area contributed by atoms with Crippen LogP contribution >= 0.6 is 15.9 Å². The molecule has 53 heavy (non-hydrogen) atoms. The van der Waals surface area contributed by atoms with Crippen molar-refractivity contribution < 1.29 is 33.2 Å². The number of rotatable bonds is 16. The zero-order chi connectivity index (χ0) is 37.0. The number of hydrogen-bond acceptors (Lipinski definition) is 7. The van der Waals surface area contributed by atoms with Gasteiger partial charge in [-0.2, -0.15) is 0 Å². The number of benzene rings is 5. The molecule has 1 heterocycles. The Labute approximate surface area is 321 Å². The van der Waals surface area contributed by atoms with Crippen LogP contribution in [-0.2, 0) is 59.6 Å². The van der Waals surface area contributed by atoms with Crippen LogP contribution in [0.25, 0.3) is 0 Å². The van der Waals surface area contributed by atoms with E-state index < -0.39 is 42.6 Å². The van der Waals surface area contributed by atoms with Gasteiger partial charge in [-0.25, -0.2) is 0 Å². The first kappa shape index (κ1) is 38.6. The second-order valence-corrected chi connectivity index (χ2v) is 14.3. The molecular weight excluding hydrogens is 732 g/mol. The van der Waals surface area contributed by atoms with E-state index in [0.717, 1.165) is 43.4 Å². The molecule has 0 N–H and O–H groups in total. The number of carbonyl (C=O) groups is 1. The van der Waals surface area contributed by atoms with Gasteiger partial charge in [0.1, 0.15) is 30.5 Å². The van der Waals surface area contributed by atoms with E-state index in [-0.39, 0.29) is 13.2 Å². The third-order valence-corrected chi connectivity index (χ3v) is 9.81. The number of carbonyl (C=O) groups excluding carboxylic acids is 1. The van der Waals surface area contributed by atoms with Crippen LogP contribution in [-0.4, -0.2) is 43.1 Å². The molecule has 0 radical (unpaired) electrons. The summed E-state index contributed by atoms with van der Waals surface area (Å²) in [6.45, 7) is 6.95. The minimum Gasteiger partial charge on any atom is -0.455 e. The lowest BCUT2D eigenvalue weighted by Gasteiger charge is -2.48. The second kappa shape index (κ2) is 19.3. The number of halogens is 1. The molecule has 0 saturated carbocycles. The van der Waals surface area contributed by atoms with E-state index >= 15 is 0 Å². The quantitative estimate of drug-likeness (QED) is 0.0925. The topological polar surface area (TPSA) is 72.5 Å². The fraction of sp³-hybridized carbons (Fsp3) is 0.311. The summed E-state index contributed by atoms with van der Waals surface area (Å²) in [5, 5.41) is 0. The van der Waals surface area contributed by atoms with Gasteiger partial charge in [-0.05, 0) is 59.4 Å².